The third-order valence-corrected chi connectivity index (χ3v) is 2.86. The van der Waals surface area contributed by atoms with Gasteiger partial charge in [-0.15, -0.1) is 12.4 Å². The zero-order valence-electron chi connectivity index (χ0n) is 9.24. The predicted octanol–water partition coefficient (Wildman–Crippen LogP) is 2.80. The van der Waals surface area contributed by atoms with Gasteiger partial charge in [-0.25, -0.2) is 0 Å². The highest BCUT2D eigenvalue weighted by atomic mass is 79.9. The van der Waals surface area contributed by atoms with Crippen molar-refractivity contribution in [3.05, 3.63) is 28.2 Å². The molecule has 0 radical (unpaired) electrons. The molecule has 18 heavy (non-hydrogen) atoms. The van der Waals surface area contributed by atoms with Crippen LogP contribution in [-0.2, 0) is 0 Å². The van der Waals surface area contributed by atoms with Gasteiger partial charge in [0, 0.05) is 0 Å². The topological polar surface area (TPSA) is 55.5 Å². The van der Waals surface area contributed by atoms with Crippen LogP contribution in [0.15, 0.2) is 22.7 Å². The van der Waals surface area contributed by atoms with Crippen LogP contribution in [0.4, 0.5) is 13.2 Å². The van der Waals surface area contributed by atoms with Crippen LogP contribution in [0.1, 0.15) is 11.6 Å². The number of aliphatic hydroxyl groups is 1. The molecule has 104 valence electrons. The van der Waals surface area contributed by atoms with Gasteiger partial charge in [0.25, 0.3) is 0 Å². The summed E-state index contributed by atoms with van der Waals surface area (Å²) in [5.41, 5.74) is 5.52. The first-order valence-electron chi connectivity index (χ1n) is 4.61. The van der Waals surface area contributed by atoms with E-state index in [9.17, 15) is 13.2 Å². The highest BCUT2D eigenvalue weighted by molar-refractivity contribution is 9.10. The van der Waals surface area contributed by atoms with Gasteiger partial charge in [0.2, 0.25) is 0 Å². The Labute approximate surface area is 117 Å². The second-order valence-corrected chi connectivity index (χ2v) is 4.26. The SMILES string of the molecule is COc1ccc([C@H](N)[C@H](O)C(F)(F)F)cc1Br.Cl. The van der Waals surface area contributed by atoms with Crippen molar-refractivity contribution in [2.24, 2.45) is 5.73 Å². The number of methoxy groups -OCH3 is 1. The number of alkyl halides is 3. The van der Waals surface area contributed by atoms with E-state index >= 15 is 0 Å². The molecule has 0 amide bonds. The molecule has 0 heterocycles. The van der Waals surface area contributed by atoms with Crippen molar-refractivity contribution < 1.29 is 23.0 Å². The van der Waals surface area contributed by atoms with Crippen molar-refractivity contribution in [1.29, 1.82) is 0 Å². The molecule has 0 aliphatic rings. The van der Waals surface area contributed by atoms with E-state index in [1.165, 1.54) is 25.3 Å². The zero-order valence-corrected chi connectivity index (χ0v) is 11.6. The van der Waals surface area contributed by atoms with Crippen LogP contribution in [-0.4, -0.2) is 24.5 Å². The third-order valence-electron chi connectivity index (χ3n) is 2.24. The Hall–Kier alpha value is -0.500. The third kappa shape index (κ3) is 4.01. The molecule has 1 aromatic rings. The van der Waals surface area contributed by atoms with E-state index in [0.29, 0.717) is 10.2 Å². The molecule has 1 rings (SSSR count). The first-order valence-corrected chi connectivity index (χ1v) is 5.40. The molecule has 1 aromatic carbocycles. The minimum absolute atomic E-state index is 0. The summed E-state index contributed by atoms with van der Waals surface area (Å²) in [4.78, 5) is 0. The van der Waals surface area contributed by atoms with E-state index in [1.807, 2.05) is 0 Å². The zero-order chi connectivity index (χ0) is 13.2. The molecule has 0 spiro atoms. The van der Waals surface area contributed by atoms with Crippen molar-refractivity contribution in [2.75, 3.05) is 7.11 Å². The lowest BCUT2D eigenvalue weighted by Gasteiger charge is -2.22. The smallest absolute Gasteiger partial charge is 0.416 e. The Morgan fingerprint density at radius 2 is 1.94 bits per heavy atom. The van der Waals surface area contributed by atoms with Gasteiger partial charge in [-0.3, -0.25) is 0 Å². The van der Waals surface area contributed by atoms with E-state index in [-0.39, 0.29) is 18.0 Å². The molecule has 0 saturated heterocycles. The Bertz CT molecular complexity index is 403. The van der Waals surface area contributed by atoms with Crippen molar-refractivity contribution >= 4 is 28.3 Å². The van der Waals surface area contributed by atoms with Crippen LogP contribution in [0.3, 0.4) is 0 Å². The Kier molecular flexibility index (Phi) is 6.42. The molecule has 0 fully saturated rings. The highest BCUT2D eigenvalue weighted by Crippen LogP contribution is 2.32. The average molecular weight is 351 g/mol. The monoisotopic (exact) mass is 349 g/mol. The predicted molar refractivity (Wildman–Crippen MR) is 66.9 cm³/mol. The largest absolute Gasteiger partial charge is 0.496 e. The fraction of sp³-hybridized carbons (Fsp3) is 0.400. The number of nitrogens with two attached hydrogens (primary N) is 1. The van der Waals surface area contributed by atoms with Gasteiger partial charge in [-0.2, -0.15) is 13.2 Å². The molecular weight excluding hydrogens is 338 g/mol. The quantitative estimate of drug-likeness (QED) is 0.881. The summed E-state index contributed by atoms with van der Waals surface area (Å²) >= 11 is 3.13. The summed E-state index contributed by atoms with van der Waals surface area (Å²) < 4.78 is 42.2. The van der Waals surface area contributed by atoms with Crippen molar-refractivity contribution in [3.63, 3.8) is 0 Å². The number of rotatable bonds is 3. The second kappa shape index (κ2) is 6.60. The molecule has 0 bridgehead atoms. The summed E-state index contributed by atoms with van der Waals surface area (Å²) in [7, 11) is 1.43. The molecule has 3 N–H and O–H groups in total. The maximum atomic E-state index is 12.3. The van der Waals surface area contributed by atoms with Gasteiger partial charge in [0.15, 0.2) is 6.10 Å². The van der Waals surface area contributed by atoms with Crippen LogP contribution >= 0.6 is 28.3 Å². The summed E-state index contributed by atoms with van der Waals surface area (Å²) in [6.45, 7) is 0. The molecule has 3 nitrogen and oxygen atoms in total. The van der Waals surface area contributed by atoms with Crippen molar-refractivity contribution in [2.45, 2.75) is 18.3 Å². The van der Waals surface area contributed by atoms with E-state index in [0.717, 1.165) is 0 Å². The van der Waals surface area contributed by atoms with Gasteiger partial charge in [0.1, 0.15) is 5.75 Å². The van der Waals surface area contributed by atoms with E-state index in [1.54, 1.807) is 0 Å². The number of hydrogen-bond donors (Lipinski definition) is 2. The van der Waals surface area contributed by atoms with E-state index in [2.05, 4.69) is 15.9 Å². The molecule has 0 unspecified atom stereocenters. The minimum atomic E-state index is -4.74. The van der Waals surface area contributed by atoms with Crippen molar-refractivity contribution in [1.82, 2.24) is 0 Å². The summed E-state index contributed by atoms with van der Waals surface area (Å²) in [6, 6.07) is 2.71. The lowest BCUT2D eigenvalue weighted by atomic mass is 10.0. The average Bonchev–Trinajstić information content (AvgIpc) is 2.25. The maximum absolute atomic E-state index is 12.3. The number of aliphatic hydroxyl groups excluding tert-OH is 1. The van der Waals surface area contributed by atoms with Crippen LogP contribution in [0.5, 0.6) is 5.75 Å². The van der Waals surface area contributed by atoms with Gasteiger partial charge in [-0.05, 0) is 33.6 Å². The van der Waals surface area contributed by atoms with Crippen LogP contribution in [0.25, 0.3) is 0 Å². The fourth-order valence-corrected chi connectivity index (χ4v) is 1.83. The number of halogens is 5. The van der Waals surface area contributed by atoms with Crippen LogP contribution in [0, 0.1) is 0 Å². The Balaban J connectivity index is 0.00000289. The summed E-state index contributed by atoms with van der Waals surface area (Å²) in [6.07, 6.45) is -7.34. The fourth-order valence-electron chi connectivity index (χ4n) is 1.28. The van der Waals surface area contributed by atoms with Gasteiger partial charge in [0.05, 0.1) is 17.6 Å². The first-order chi connectivity index (χ1) is 7.77. The van der Waals surface area contributed by atoms with E-state index < -0.39 is 18.3 Å². The molecule has 0 saturated carbocycles. The molecule has 0 aliphatic carbocycles. The Morgan fingerprint density at radius 1 is 1.39 bits per heavy atom. The molecule has 0 aliphatic heterocycles. The minimum Gasteiger partial charge on any atom is -0.496 e. The molecule has 2 atom stereocenters. The first kappa shape index (κ1) is 17.5. The van der Waals surface area contributed by atoms with Gasteiger partial charge < -0.3 is 15.6 Å². The number of benzene rings is 1. The van der Waals surface area contributed by atoms with Crippen LogP contribution < -0.4 is 10.5 Å². The molecule has 8 heteroatoms. The van der Waals surface area contributed by atoms with Gasteiger partial charge in [-0.1, -0.05) is 6.07 Å². The van der Waals surface area contributed by atoms with Crippen molar-refractivity contribution in [3.8, 4) is 5.75 Å². The summed E-state index contributed by atoms with van der Waals surface area (Å²) in [5, 5.41) is 9.03. The lowest BCUT2D eigenvalue weighted by Crippen LogP contribution is -2.38. The van der Waals surface area contributed by atoms with Crippen LogP contribution in [0.2, 0.25) is 0 Å². The second-order valence-electron chi connectivity index (χ2n) is 3.41. The maximum Gasteiger partial charge on any atom is 0.416 e. The standard InChI is InChI=1S/C10H11BrF3NO2.ClH/c1-17-7-3-2-5(4-6(7)11)8(15)9(16)10(12,13)14;/h2-4,8-9,16H,15H2,1H3;1H/t8-,9-;/m0./s1. The summed E-state index contributed by atoms with van der Waals surface area (Å²) in [5.74, 6) is 0.474. The highest BCUT2D eigenvalue weighted by Gasteiger charge is 2.42. The normalized spacial score (nSPS) is 14.6. The van der Waals surface area contributed by atoms with E-state index in [4.69, 9.17) is 15.6 Å². The molecular formula is C10H12BrClF3NO2. The number of hydrogen-bond acceptors (Lipinski definition) is 3. The van der Waals surface area contributed by atoms with Gasteiger partial charge >= 0.3 is 6.18 Å². The Morgan fingerprint density at radius 3 is 2.33 bits per heavy atom. The lowest BCUT2D eigenvalue weighted by molar-refractivity contribution is -0.210. The number of ether oxygens (including phenoxy) is 1. The molecule has 0 aromatic heterocycles.